The number of hydrogen-bond acceptors (Lipinski definition) is 3. The van der Waals surface area contributed by atoms with Gasteiger partial charge in [-0.25, -0.2) is 0 Å². The van der Waals surface area contributed by atoms with Crippen molar-refractivity contribution in [2.75, 3.05) is 0 Å². The molecule has 0 aliphatic carbocycles. The van der Waals surface area contributed by atoms with Gasteiger partial charge in [0, 0.05) is 14.4 Å². The zero-order chi connectivity index (χ0) is 13.1. The fourth-order valence-electron chi connectivity index (χ4n) is 2.20. The molecule has 4 unspecified atom stereocenters. The summed E-state index contributed by atoms with van der Waals surface area (Å²) in [7, 11) is 0. The van der Waals surface area contributed by atoms with Crippen LogP contribution in [0.3, 0.4) is 0 Å². The highest BCUT2D eigenvalue weighted by atomic mass is 127. The van der Waals surface area contributed by atoms with Crippen molar-refractivity contribution in [1.82, 2.24) is 0 Å². The summed E-state index contributed by atoms with van der Waals surface area (Å²) < 4.78 is 5.81. The molecule has 0 radical (unpaired) electrons. The molecular formula is C14H17IO2S. The number of carbonyl (C=O) groups excluding carboxylic acids is 1. The highest BCUT2D eigenvalue weighted by molar-refractivity contribution is 14.1. The quantitative estimate of drug-likeness (QED) is 0.458. The Morgan fingerprint density at radius 3 is 2.50 bits per heavy atom. The third-order valence-corrected chi connectivity index (χ3v) is 7.01. The second-order valence-corrected chi connectivity index (χ2v) is 7.81. The standard InChI is InChI=1S/C14H17IO2S/c1-9-12(13(15)10(2)18-9)14(16)17-8-11-6-4-3-5-7-11/h3-7,9-10,12-13H,8H2,1-2H3. The normalized spacial score (nSPS) is 31.3. The molecule has 2 rings (SSSR count). The van der Waals surface area contributed by atoms with Gasteiger partial charge in [0.05, 0.1) is 5.92 Å². The second kappa shape index (κ2) is 6.28. The smallest absolute Gasteiger partial charge is 0.311 e. The lowest BCUT2D eigenvalue weighted by molar-refractivity contribution is -0.149. The molecule has 0 saturated carbocycles. The van der Waals surface area contributed by atoms with Gasteiger partial charge in [0.25, 0.3) is 0 Å². The average Bonchev–Trinajstić information content (AvgIpc) is 2.62. The molecule has 18 heavy (non-hydrogen) atoms. The second-order valence-electron chi connectivity index (χ2n) is 4.61. The monoisotopic (exact) mass is 376 g/mol. The minimum Gasteiger partial charge on any atom is -0.461 e. The summed E-state index contributed by atoms with van der Waals surface area (Å²) in [4.78, 5) is 12.1. The molecule has 1 fully saturated rings. The SMILES string of the molecule is CC1SC(C)C(C(=O)OCc2ccccc2)C1I. The molecule has 1 heterocycles. The van der Waals surface area contributed by atoms with Crippen LogP contribution in [0.5, 0.6) is 0 Å². The maximum absolute atomic E-state index is 12.1. The predicted octanol–water partition coefficient (Wildman–Crippen LogP) is 3.67. The molecule has 4 atom stereocenters. The molecule has 1 saturated heterocycles. The summed E-state index contributed by atoms with van der Waals surface area (Å²) in [5, 5.41) is 0.875. The molecule has 4 heteroatoms. The molecule has 0 amide bonds. The minimum absolute atomic E-state index is 0.0225. The number of carbonyl (C=O) groups is 1. The zero-order valence-corrected chi connectivity index (χ0v) is 13.5. The van der Waals surface area contributed by atoms with E-state index < -0.39 is 0 Å². The fourth-order valence-corrected chi connectivity index (χ4v) is 5.35. The minimum atomic E-state index is -0.0531. The van der Waals surface area contributed by atoms with Gasteiger partial charge >= 0.3 is 5.97 Å². The number of ether oxygens (including phenoxy) is 1. The summed E-state index contributed by atoms with van der Waals surface area (Å²) in [6.07, 6.45) is 0. The lowest BCUT2D eigenvalue weighted by Gasteiger charge is -2.17. The largest absolute Gasteiger partial charge is 0.461 e. The lowest BCUT2D eigenvalue weighted by atomic mass is 10.0. The van der Waals surface area contributed by atoms with Crippen LogP contribution >= 0.6 is 34.4 Å². The Morgan fingerprint density at radius 1 is 1.28 bits per heavy atom. The molecular weight excluding hydrogens is 359 g/mol. The molecule has 1 aromatic carbocycles. The molecule has 0 spiro atoms. The van der Waals surface area contributed by atoms with Crippen molar-refractivity contribution >= 4 is 40.3 Å². The van der Waals surface area contributed by atoms with Crippen LogP contribution in [0.15, 0.2) is 30.3 Å². The first kappa shape index (κ1) is 14.2. The van der Waals surface area contributed by atoms with Crippen LogP contribution in [0.2, 0.25) is 0 Å². The van der Waals surface area contributed by atoms with Gasteiger partial charge in [0.15, 0.2) is 0 Å². The number of hydrogen-bond donors (Lipinski definition) is 0. The van der Waals surface area contributed by atoms with Crippen LogP contribution in [0.25, 0.3) is 0 Å². The van der Waals surface area contributed by atoms with Crippen molar-refractivity contribution in [1.29, 1.82) is 0 Å². The molecule has 1 aliphatic heterocycles. The van der Waals surface area contributed by atoms with Crippen LogP contribution in [0.4, 0.5) is 0 Å². The molecule has 1 aromatic rings. The lowest BCUT2D eigenvalue weighted by Crippen LogP contribution is -2.30. The van der Waals surface area contributed by atoms with Gasteiger partial charge in [0.2, 0.25) is 0 Å². The van der Waals surface area contributed by atoms with E-state index in [1.54, 1.807) is 0 Å². The van der Waals surface area contributed by atoms with E-state index in [-0.39, 0.29) is 11.9 Å². The number of benzene rings is 1. The summed E-state index contributed by atoms with van der Waals surface area (Å²) in [6, 6.07) is 9.83. The maximum Gasteiger partial charge on any atom is 0.311 e. The van der Waals surface area contributed by atoms with Crippen molar-refractivity contribution < 1.29 is 9.53 Å². The summed E-state index contributed by atoms with van der Waals surface area (Å²) in [6.45, 7) is 4.68. The van der Waals surface area contributed by atoms with Crippen molar-refractivity contribution in [3.8, 4) is 0 Å². The van der Waals surface area contributed by atoms with Crippen molar-refractivity contribution in [3.05, 3.63) is 35.9 Å². The first-order valence-corrected chi connectivity index (χ1v) is 8.28. The van der Waals surface area contributed by atoms with E-state index in [0.717, 1.165) is 5.56 Å². The van der Waals surface area contributed by atoms with Crippen LogP contribution in [-0.2, 0) is 16.1 Å². The zero-order valence-electron chi connectivity index (χ0n) is 10.5. The van der Waals surface area contributed by atoms with E-state index in [1.165, 1.54) is 0 Å². The number of rotatable bonds is 3. The van der Waals surface area contributed by atoms with Crippen LogP contribution in [0.1, 0.15) is 19.4 Å². The third kappa shape index (κ3) is 3.20. The van der Waals surface area contributed by atoms with E-state index in [0.29, 0.717) is 21.0 Å². The Morgan fingerprint density at radius 2 is 1.94 bits per heavy atom. The van der Waals surface area contributed by atoms with Gasteiger partial charge in [-0.2, -0.15) is 11.8 Å². The molecule has 2 nitrogen and oxygen atoms in total. The topological polar surface area (TPSA) is 26.3 Å². The summed E-state index contributed by atoms with van der Waals surface area (Å²) in [5.41, 5.74) is 1.04. The first-order chi connectivity index (χ1) is 8.59. The number of esters is 1. The summed E-state index contributed by atoms with van der Waals surface area (Å²) in [5.74, 6) is -0.0306. The van der Waals surface area contributed by atoms with Gasteiger partial charge < -0.3 is 4.74 Å². The third-order valence-electron chi connectivity index (χ3n) is 3.22. The van der Waals surface area contributed by atoms with E-state index in [2.05, 4.69) is 36.4 Å². The Balaban J connectivity index is 1.92. The van der Waals surface area contributed by atoms with E-state index in [1.807, 2.05) is 42.1 Å². The van der Waals surface area contributed by atoms with Crippen molar-refractivity contribution in [2.24, 2.45) is 5.92 Å². The van der Waals surface area contributed by atoms with Gasteiger partial charge in [-0.3, -0.25) is 4.79 Å². The highest BCUT2D eigenvalue weighted by Crippen LogP contribution is 2.43. The van der Waals surface area contributed by atoms with Gasteiger partial charge in [-0.1, -0.05) is 66.8 Å². The molecule has 1 aliphatic rings. The number of alkyl halides is 1. The average molecular weight is 376 g/mol. The molecule has 98 valence electrons. The Kier molecular flexibility index (Phi) is 4.95. The van der Waals surface area contributed by atoms with E-state index in [9.17, 15) is 4.79 Å². The van der Waals surface area contributed by atoms with Crippen molar-refractivity contribution in [2.45, 2.75) is 34.9 Å². The van der Waals surface area contributed by atoms with Gasteiger partial charge in [-0.15, -0.1) is 0 Å². The summed E-state index contributed by atoms with van der Waals surface area (Å²) >= 11 is 4.26. The van der Waals surface area contributed by atoms with E-state index >= 15 is 0 Å². The highest BCUT2D eigenvalue weighted by Gasteiger charge is 2.43. The fraction of sp³-hybridized carbons (Fsp3) is 0.500. The van der Waals surface area contributed by atoms with Crippen LogP contribution in [-0.4, -0.2) is 20.4 Å². The molecule has 0 aromatic heterocycles. The van der Waals surface area contributed by atoms with Crippen molar-refractivity contribution in [3.63, 3.8) is 0 Å². The van der Waals surface area contributed by atoms with Gasteiger partial charge in [-0.05, 0) is 5.56 Å². The Hall–Kier alpha value is -0.230. The van der Waals surface area contributed by atoms with Crippen LogP contribution < -0.4 is 0 Å². The molecule has 0 N–H and O–H groups in total. The predicted molar refractivity (Wildman–Crippen MR) is 84.1 cm³/mol. The first-order valence-electron chi connectivity index (χ1n) is 6.09. The van der Waals surface area contributed by atoms with Gasteiger partial charge in [0.1, 0.15) is 6.61 Å². The molecule has 0 bridgehead atoms. The number of halogens is 1. The Labute approximate surface area is 126 Å². The van der Waals surface area contributed by atoms with E-state index in [4.69, 9.17) is 4.74 Å². The Bertz CT molecular complexity index is 410. The maximum atomic E-state index is 12.1. The van der Waals surface area contributed by atoms with Crippen LogP contribution in [0, 0.1) is 5.92 Å². The number of thioether (sulfide) groups is 1.